The van der Waals surface area contributed by atoms with Crippen molar-refractivity contribution >= 4 is 28.2 Å². The lowest BCUT2D eigenvalue weighted by atomic mass is 9.97. The van der Waals surface area contributed by atoms with E-state index in [1.54, 1.807) is 6.20 Å². The summed E-state index contributed by atoms with van der Waals surface area (Å²) >= 11 is 0. The normalized spacial score (nSPS) is 26.7. The van der Waals surface area contributed by atoms with Gasteiger partial charge in [-0.2, -0.15) is 0 Å². The molecule has 2 aromatic heterocycles. The molecule has 1 amide bonds. The van der Waals surface area contributed by atoms with Gasteiger partial charge in [0.15, 0.2) is 0 Å². The highest BCUT2D eigenvalue weighted by Crippen LogP contribution is 2.47. The highest BCUT2D eigenvalue weighted by molar-refractivity contribution is 5.97. The first kappa shape index (κ1) is 22.4. The number of fused-ring (bicyclic) bond motifs is 1. The van der Waals surface area contributed by atoms with E-state index in [0.717, 1.165) is 68.7 Å². The molecular weight excluding hydrogens is 438 g/mol. The van der Waals surface area contributed by atoms with E-state index in [0.29, 0.717) is 5.82 Å². The molecule has 2 saturated heterocycles. The number of ether oxygens (including phenoxy) is 1. The van der Waals surface area contributed by atoms with Crippen LogP contribution >= 0.6 is 0 Å². The molecule has 3 unspecified atom stereocenters. The molecule has 3 aromatic rings. The zero-order valence-corrected chi connectivity index (χ0v) is 20.5. The van der Waals surface area contributed by atoms with E-state index in [1.165, 1.54) is 11.3 Å². The van der Waals surface area contributed by atoms with Crippen LogP contribution in [0.25, 0.3) is 10.8 Å². The number of nitrogens with one attached hydrogen (secondary N) is 1. The first-order valence-electron chi connectivity index (χ1n) is 12.7. The monoisotopic (exact) mass is 471 g/mol. The van der Waals surface area contributed by atoms with Crippen LogP contribution in [0.4, 0.5) is 11.5 Å². The van der Waals surface area contributed by atoms with Crippen LogP contribution in [0.1, 0.15) is 36.9 Å². The highest BCUT2D eigenvalue weighted by atomic mass is 16.5. The number of anilines is 2. The van der Waals surface area contributed by atoms with Crippen LogP contribution in [0.3, 0.4) is 0 Å². The minimum absolute atomic E-state index is 0.0281. The Morgan fingerprint density at radius 1 is 1.11 bits per heavy atom. The molecule has 1 N–H and O–H groups in total. The van der Waals surface area contributed by atoms with Crippen LogP contribution in [-0.4, -0.2) is 65.7 Å². The molecule has 1 saturated carbocycles. The third-order valence-electron chi connectivity index (χ3n) is 8.06. The summed E-state index contributed by atoms with van der Waals surface area (Å²) in [4.78, 5) is 26.8. The molecule has 7 nitrogen and oxygen atoms in total. The summed E-state index contributed by atoms with van der Waals surface area (Å²) in [7, 11) is 0. The molecule has 3 atom stereocenters. The van der Waals surface area contributed by atoms with E-state index in [1.807, 2.05) is 30.5 Å². The lowest BCUT2D eigenvalue weighted by Crippen LogP contribution is -2.56. The van der Waals surface area contributed by atoms with Gasteiger partial charge >= 0.3 is 0 Å². The van der Waals surface area contributed by atoms with Crippen molar-refractivity contribution in [1.82, 2.24) is 14.9 Å². The zero-order chi connectivity index (χ0) is 24.0. The Labute approximate surface area is 206 Å². The molecular formula is C28H33N5O2. The first-order valence-corrected chi connectivity index (χ1v) is 12.7. The summed E-state index contributed by atoms with van der Waals surface area (Å²) in [5, 5.41) is 5.24. The minimum atomic E-state index is -0.0283. The average Bonchev–Trinajstić information content (AvgIpc) is 3.57. The van der Waals surface area contributed by atoms with Gasteiger partial charge in [-0.05, 0) is 68.0 Å². The molecule has 0 bridgehead atoms. The molecule has 7 heteroatoms. The molecule has 2 aliphatic heterocycles. The summed E-state index contributed by atoms with van der Waals surface area (Å²) in [6.07, 6.45) is 5.62. The average molecular weight is 472 g/mol. The Morgan fingerprint density at radius 3 is 2.71 bits per heavy atom. The van der Waals surface area contributed by atoms with Gasteiger partial charge in [0.2, 0.25) is 5.91 Å². The minimum Gasteiger partial charge on any atom is -0.379 e. The number of amides is 1. The third-order valence-corrected chi connectivity index (χ3v) is 8.06. The molecule has 4 heterocycles. The number of carbonyl (C=O) groups excluding carboxylic acids is 1. The Kier molecular flexibility index (Phi) is 5.69. The van der Waals surface area contributed by atoms with Gasteiger partial charge in [-0.15, -0.1) is 0 Å². The van der Waals surface area contributed by atoms with E-state index < -0.39 is 0 Å². The lowest BCUT2D eigenvalue weighted by Gasteiger charge is -2.44. The van der Waals surface area contributed by atoms with E-state index in [4.69, 9.17) is 4.74 Å². The Bertz CT molecular complexity index is 1230. The maximum atomic E-state index is 12.8. The predicted molar refractivity (Wildman–Crippen MR) is 138 cm³/mol. The number of piperazine rings is 1. The van der Waals surface area contributed by atoms with E-state index in [2.05, 4.69) is 51.1 Å². The summed E-state index contributed by atoms with van der Waals surface area (Å²) in [5.41, 5.74) is 3.70. The quantitative estimate of drug-likeness (QED) is 0.607. The van der Waals surface area contributed by atoms with Crippen LogP contribution in [0.2, 0.25) is 0 Å². The third kappa shape index (κ3) is 4.39. The largest absolute Gasteiger partial charge is 0.379 e. The molecule has 3 aliphatic rings. The van der Waals surface area contributed by atoms with Gasteiger partial charge in [-0.3, -0.25) is 14.7 Å². The highest BCUT2D eigenvalue weighted by Gasteiger charge is 2.45. The molecule has 182 valence electrons. The van der Waals surface area contributed by atoms with Gasteiger partial charge < -0.3 is 15.0 Å². The molecule has 35 heavy (non-hydrogen) atoms. The van der Waals surface area contributed by atoms with Crippen molar-refractivity contribution in [2.75, 3.05) is 49.6 Å². The van der Waals surface area contributed by atoms with E-state index in [-0.39, 0.29) is 23.3 Å². The van der Waals surface area contributed by atoms with Crippen LogP contribution in [0, 0.1) is 12.8 Å². The predicted octanol–water partition coefficient (Wildman–Crippen LogP) is 3.98. The van der Waals surface area contributed by atoms with Crippen molar-refractivity contribution in [1.29, 1.82) is 0 Å². The van der Waals surface area contributed by atoms with Crippen LogP contribution in [0.15, 0.2) is 48.8 Å². The van der Waals surface area contributed by atoms with Gasteiger partial charge in [0.1, 0.15) is 5.82 Å². The fourth-order valence-electron chi connectivity index (χ4n) is 5.72. The number of pyridine rings is 2. The molecule has 6 rings (SSSR count). The zero-order valence-electron chi connectivity index (χ0n) is 20.5. The summed E-state index contributed by atoms with van der Waals surface area (Å²) in [6, 6.07) is 12.3. The van der Waals surface area contributed by atoms with Crippen molar-refractivity contribution in [3.8, 4) is 0 Å². The standard InChI is InChI=1S/C28H33N5O2/c1-19-13-21-17-30-26(31-27(34)23-16-22(23)24-5-3-4-7-29-24)15-20(21)14-25(19)32-8-10-33(11-9-32)28(2)6-12-35-18-28/h3-5,7,13-15,17,22-23H,6,8-12,16,18H2,1-2H3,(H,30,31,34). The summed E-state index contributed by atoms with van der Waals surface area (Å²) in [5.74, 6) is 0.824. The van der Waals surface area contributed by atoms with Crippen molar-refractivity contribution in [2.24, 2.45) is 5.92 Å². The number of benzene rings is 1. The number of nitrogens with zero attached hydrogens (tertiary/aromatic N) is 4. The maximum Gasteiger partial charge on any atom is 0.229 e. The van der Waals surface area contributed by atoms with Crippen LogP contribution in [0.5, 0.6) is 0 Å². The van der Waals surface area contributed by atoms with Crippen LogP contribution < -0.4 is 10.2 Å². The molecule has 3 fully saturated rings. The number of carbonyl (C=O) groups is 1. The second-order valence-electron chi connectivity index (χ2n) is 10.5. The SMILES string of the molecule is Cc1cc2cnc(NC(=O)C3CC3c3ccccn3)cc2cc1N1CCN(C2(C)CCOC2)CC1. The Hall–Kier alpha value is -3.03. The number of aromatic nitrogens is 2. The number of hydrogen-bond acceptors (Lipinski definition) is 6. The van der Waals surface area contributed by atoms with Gasteiger partial charge in [0.25, 0.3) is 0 Å². The number of aryl methyl sites for hydroxylation is 1. The summed E-state index contributed by atoms with van der Waals surface area (Å²) < 4.78 is 5.68. The second-order valence-corrected chi connectivity index (χ2v) is 10.5. The molecule has 1 aliphatic carbocycles. The maximum absolute atomic E-state index is 12.8. The second kappa shape index (κ2) is 8.88. The molecule has 0 radical (unpaired) electrons. The smallest absolute Gasteiger partial charge is 0.229 e. The number of hydrogen-bond donors (Lipinski definition) is 1. The Morgan fingerprint density at radius 2 is 1.97 bits per heavy atom. The topological polar surface area (TPSA) is 70.6 Å². The van der Waals surface area contributed by atoms with E-state index >= 15 is 0 Å². The van der Waals surface area contributed by atoms with Gasteiger partial charge in [0, 0.05) is 79.3 Å². The Balaban J connectivity index is 1.15. The fraction of sp³-hybridized carbons (Fsp3) is 0.464. The molecule has 0 spiro atoms. The molecule has 1 aromatic carbocycles. The van der Waals surface area contributed by atoms with Crippen molar-refractivity contribution < 1.29 is 9.53 Å². The van der Waals surface area contributed by atoms with Crippen LogP contribution in [-0.2, 0) is 9.53 Å². The lowest BCUT2D eigenvalue weighted by molar-refractivity contribution is -0.117. The number of rotatable bonds is 5. The van der Waals surface area contributed by atoms with Gasteiger partial charge in [-0.1, -0.05) is 6.07 Å². The first-order chi connectivity index (χ1) is 17.0. The van der Waals surface area contributed by atoms with E-state index in [9.17, 15) is 4.79 Å². The fourth-order valence-corrected chi connectivity index (χ4v) is 5.72. The summed E-state index contributed by atoms with van der Waals surface area (Å²) in [6.45, 7) is 10.3. The van der Waals surface area contributed by atoms with Crippen molar-refractivity contribution in [3.63, 3.8) is 0 Å². The van der Waals surface area contributed by atoms with Crippen molar-refractivity contribution in [3.05, 3.63) is 60.0 Å². The van der Waals surface area contributed by atoms with Gasteiger partial charge in [0.05, 0.1) is 6.61 Å². The van der Waals surface area contributed by atoms with Crippen molar-refractivity contribution in [2.45, 2.75) is 38.1 Å². The van der Waals surface area contributed by atoms with Gasteiger partial charge in [-0.25, -0.2) is 4.98 Å².